The van der Waals surface area contributed by atoms with E-state index in [4.69, 9.17) is 14.2 Å². The molecule has 1 atom stereocenters. The number of ether oxygens (including phenoxy) is 3. The van der Waals surface area contributed by atoms with Gasteiger partial charge in [-0.2, -0.15) is 0 Å². The first-order valence-corrected chi connectivity index (χ1v) is 35.3. The summed E-state index contributed by atoms with van der Waals surface area (Å²) in [7, 11) is 0. The zero-order chi connectivity index (χ0) is 57.8. The largest absolute Gasteiger partial charge is 0.462 e. The first-order valence-electron chi connectivity index (χ1n) is 35.3. The third kappa shape index (κ3) is 65.9. The van der Waals surface area contributed by atoms with Gasteiger partial charge in [-0.15, -0.1) is 0 Å². The summed E-state index contributed by atoms with van der Waals surface area (Å²) in [6.07, 6.45) is 88.1. The highest BCUT2D eigenvalue weighted by Gasteiger charge is 2.19. The van der Waals surface area contributed by atoms with E-state index in [2.05, 4.69) is 81.5 Å². The maximum atomic E-state index is 13.0. The number of carbonyl (C=O) groups is 3. The standard InChI is InChI=1S/C74H134O6/c1-4-7-10-13-16-19-22-25-28-31-34-36-38-40-43-46-49-52-55-58-61-64-67-73(76)79-70-71(69-78-72(75)66-63-60-57-54-51-48-45-42-39-33-30-27-24-21-18-15-12-9-6-3)80-74(77)68-65-62-59-56-53-50-47-44-41-37-35-32-29-26-23-20-17-14-11-8-5-2/h8,11,17,20,26,29,35,37,44,47,71H,4-7,9-10,12-16,18-19,21-25,27-28,30-34,36,38-43,45-46,48-70H2,1-3H3/b11-8-,20-17-,29-26-,37-35-,47-44-. The molecule has 0 bridgehead atoms. The Labute approximate surface area is 498 Å². The molecule has 0 heterocycles. The van der Waals surface area contributed by atoms with E-state index in [1.165, 1.54) is 225 Å². The van der Waals surface area contributed by atoms with Crippen LogP contribution in [0.5, 0.6) is 0 Å². The number of esters is 3. The van der Waals surface area contributed by atoms with Crippen molar-refractivity contribution in [3.05, 3.63) is 60.8 Å². The molecule has 1 unspecified atom stereocenters. The van der Waals surface area contributed by atoms with E-state index in [9.17, 15) is 14.4 Å². The van der Waals surface area contributed by atoms with Crippen molar-refractivity contribution in [1.29, 1.82) is 0 Å². The van der Waals surface area contributed by atoms with Crippen LogP contribution in [-0.4, -0.2) is 37.2 Å². The van der Waals surface area contributed by atoms with Gasteiger partial charge in [0.25, 0.3) is 0 Å². The number of unbranched alkanes of at least 4 members (excludes halogenated alkanes) is 44. The molecule has 0 saturated carbocycles. The highest BCUT2D eigenvalue weighted by atomic mass is 16.6. The van der Waals surface area contributed by atoms with Gasteiger partial charge in [-0.25, -0.2) is 0 Å². The Bertz CT molecular complexity index is 1430. The first-order chi connectivity index (χ1) is 39.5. The zero-order valence-electron chi connectivity index (χ0n) is 53.6. The second-order valence-corrected chi connectivity index (χ2v) is 23.8. The van der Waals surface area contributed by atoms with Gasteiger partial charge in [-0.1, -0.05) is 351 Å². The Morgan fingerprint density at radius 1 is 0.263 bits per heavy atom. The van der Waals surface area contributed by atoms with Gasteiger partial charge in [0.2, 0.25) is 0 Å². The first kappa shape index (κ1) is 77.1. The number of rotatable bonds is 65. The van der Waals surface area contributed by atoms with Crippen molar-refractivity contribution < 1.29 is 28.6 Å². The van der Waals surface area contributed by atoms with Crippen molar-refractivity contribution in [2.45, 2.75) is 380 Å². The van der Waals surface area contributed by atoms with Crippen LogP contribution in [0.2, 0.25) is 0 Å². The van der Waals surface area contributed by atoms with Crippen LogP contribution in [0.4, 0.5) is 0 Å². The molecule has 0 amide bonds. The van der Waals surface area contributed by atoms with Gasteiger partial charge >= 0.3 is 17.9 Å². The van der Waals surface area contributed by atoms with Crippen molar-refractivity contribution in [3.8, 4) is 0 Å². The van der Waals surface area contributed by atoms with Gasteiger partial charge in [-0.05, 0) is 64.2 Å². The molecule has 0 spiro atoms. The number of hydrogen-bond donors (Lipinski definition) is 0. The van der Waals surface area contributed by atoms with E-state index in [-0.39, 0.29) is 31.1 Å². The lowest BCUT2D eigenvalue weighted by atomic mass is 10.0. The summed E-state index contributed by atoms with van der Waals surface area (Å²) in [5, 5.41) is 0. The molecule has 0 aliphatic carbocycles. The second kappa shape index (κ2) is 68.6. The molecule has 0 rings (SSSR count). The monoisotopic (exact) mass is 1120 g/mol. The van der Waals surface area contributed by atoms with Crippen LogP contribution >= 0.6 is 0 Å². The maximum absolute atomic E-state index is 13.0. The van der Waals surface area contributed by atoms with Crippen LogP contribution in [0.25, 0.3) is 0 Å². The van der Waals surface area contributed by atoms with E-state index >= 15 is 0 Å². The minimum Gasteiger partial charge on any atom is -0.462 e. The third-order valence-electron chi connectivity index (χ3n) is 15.8. The average Bonchev–Trinajstić information content (AvgIpc) is 3.46. The van der Waals surface area contributed by atoms with E-state index in [1.54, 1.807) is 0 Å². The smallest absolute Gasteiger partial charge is 0.306 e. The number of hydrogen-bond acceptors (Lipinski definition) is 6. The molecule has 0 fully saturated rings. The predicted octanol–water partition coefficient (Wildman–Crippen LogP) is 24.3. The zero-order valence-corrected chi connectivity index (χ0v) is 53.6. The molecule has 0 aromatic carbocycles. The topological polar surface area (TPSA) is 78.9 Å². The van der Waals surface area contributed by atoms with Gasteiger partial charge in [-0.3, -0.25) is 14.4 Å². The second-order valence-electron chi connectivity index (χ2n) is 23.8. The van der Waals surface area contributed by atoms with Crippen LogP contribution in [0.15, 0.2) is 60.8 Å². The SMILES string of the molecule is CC/C=C\C/C=C\C/C=C\C/C=C\C/C=C\CCCCCCCC(=O)OC(COC(=O)CCCCCCCCCCCCCCCCCCCCC)COC(=O)CCCCCCCCCCCCCCCCCCCCCCCC. The fourth-order valence-corrected chi connectivity index (χ4v) is 10.5. The Morgan fingerprint density at radius 2 is 0.487 bits per heavy atom. The van der Waals surface area contributed by atoms with Gasteiger partial charge in [0.15, 0.2) is 6.10 Å². The van der Waals surface area contributed by atoms with Crippen LogP contribution in [0.3, 0.4) is 0 Å². The lowest BCUT2D eigenvalue weighted by molar-refractivity contribution is -0.167. The molecular formula is C74H134O6. The normalized spacial score (nSPS) is 12.4. The highest BCUT2D eigenvalue weighted by Crippen LogP contribution is 2.18. The quantitative estimate of drug-likeness (QED) is 0.0261. The van der Waals surface area contributed by atoms with Crippen LogP contribution in [-0.2, 0) is 28.6 Å². The molecule has 0 aromatic rings. The summed E-state index contributed by atoms with van der Waals surface area (Å²) < 4.78 is 17.0. The van der Waals surface area contributed by atoms with Crippen LogP contribution < -0.4 is 0 Å². The fraction of sp³-hybridized carbons (Fsp3) is 0.824. The Morgan fingerprint density at radius 3 is 0.762 bits per heavy atom. The Balaban J connectivity index is 4.36. The minimum absolute atomic E-state index is 0.0772. The molecule has 0 aliphatic rings. The molecule has 0 saturated heterocycles. The van der Waals surface area contributed by atoms with Crippen molar-refractivity contribution in [3.63, 3.8) is 0 Å². The third-order valence-corrected chi connectivity index (χ3v) is 15.8. The minimum atomic E-state index is -0.784. The fourth-order valence-electron chi connectivity index (χ4n) is 10.5. The van der Waals surface area contributed by atoms with Gasteiger partial charge in [0.05, 0.1) is 0 Å². The number of allylic oxidation sites excluding steroid dienone is 10. The van der Waals surface area contributed by atoms with E-state index in [0.29, 0.717) is 19.3 Å². The molecule has 0 aromatic heterocycles. The van der Waals surface area contributed by atoms with Gasteiger partial charge in [0, 0.05) is 19.3 Å². The van der Waals surface area contributed by atoms with E-state index in [1.807, 2.05) is 0 Å². The predicted molar refractivity (Wildman–Crippen MR) is 348 cm³/mol. The maximum Gasteiger partial charge on any atom is 0.306 e. The molecule has 6 heteroatoms. The van der Waals surface area contributed by atoms with Crippen molar-refractivity contribution in [2.24, 2.45) is 0 Å². The summed E-state index contributed by atoms with van der Waals surface area (Å²) in [6.45, 7) is 6.59. The Hall–Kier alpha value is -2.89. The number of carbonyl (C=O) groups excluding carboxylic acids is 3. The van der Waals surface area contributed by atoms with Crippen molar-refractivity contribution in [1.82, 2.24) is 0 Å². The summed E-state index contributed by atoms with van der Waals surface area (Å²) in [5.41, 5.74) is 0. The van der Waals surface area contributed by atoms with Crippen molar-refractivity contribution >= 4 is 17.9 Å². The summed E-state index contributed by atoms with van der Waals surface area (Å²) in [6, 6.07) is 0. The van der Waals surface area contributed by atoms with E-state index in [0.717, 1.165) is 109 Å². The summed E-state index contributed by atoms with van der Waals surface area (Å²) in [4.78, 5) is 38.5. The molecule has 0 N–H and O–H groups in total. The van der Waals surface area contributed by atoms with Gasteiger partial charge < -0.3 is 14.2 Å². The lowest BCUT2D eigenvalue weighted by Gasteiger charge is -2.18. The molecule has 466 valence electrons. The van der Waals surface area contributed by atoms with Crippen molar-refractivity contribution in [2.75, 3.05) is 13.2 Å². The van der Waals surface area contributed by atoms with E-state index < -0.39 is 6.10 Å². The summed E-state index contributed by atoms with van der Waals surface area (Å²) in [5.74, 6) is -0.868. The molecule has 0 aliphatic heterocycles. The van der Waals surface area contributed by atoms with Crippen LogP contribution in [0.1, 0.15) is 374 Å². The van der Waals surface area contributed by atoms with Gasteiger partial charge in [0.1, 0.15) is 13.2 Å². The molecule has 80 heavy (non-hydrogen) atoms. The Kier molecular flexibility index (Phi) is 66.1. The summed E-state index contributed by atoms with van der Waals surface area (Å²) >= 11 is 0. The molecule has 6 nitrogen and oxygen atoms in total. The average molecular weight is 1120 g/mol. The lowest BCUT2D eigenvalue weighted by Crippen LogP contribution is -2.30. The molecule has 0 radical (unpaired) electrons. The highest BCUT2D eigenvalue weighted by molar-refractivity contribution is 5.71. The van der Waals surface area contributed by atoms with Crippen LogP contribution in [0, 0.1) is 0 Å². The molecular weight excluding hydrogens is 985 g/mol.